The zero-order chi connectivity index (χ0) is 25.7. The van der Waals surface area contributed by atoms with Crippen LogP contribution in [0.2, 0.25) is 0 Å². The van der Waals surface area contributed by atoms with Gasteiger partial charge in [-0.3, -0.25) is 0 Å². The van der Waals surface area contributed by atoms with Crippen LogP contribution in [-0.2, 0) is 0 Å². The number of hydrogen-bond acceptors (Lipinski definition) is 0. The van der Waals surface area contributed by atoms with Gasteiger partial charge < -0.3 is 0 Å². The highest BCUT2D eigenvalue weighted by molar-refractivity contribution is 4.77. The highest BCUT2D eigenvalue weighted by atomic mass is 14.3. The molecule has 0 amide bonds. The average molecular weight is 555 g/mol. The molecule has 242 valence electrons. The molecule has 0 aromatic heterocycles. The Labute approximate surface area is 254 Å². The molecule has 0 radical (unpaired) electrons. The lowest BCUT2D eigenvalue weighted by Crippen LogP contribution is -2.18. The molecule has 0 aromatic rings. The predicted octanol–water partition coefficient (Wildman–Crippen LogP) is 15.3. The Morgan fingerprint density at radius 2 is 0.615 bits per heavy atom. The Balaban J connectivity index is -0.000000241. The first kappa shape index (κ1) is 46.0. The van der Waals surface area contributed by atoms with E-state index in [0.29, 0.717) is 0 Å². The Hall–Kier alpha value is 0. The van der Waals surface area contributed by atoms with Gasteiger partial charge in [-0.2, -0.15) is 0 Å². The van der Waals surface area contributed by atoms with Crippen LogP contribution in [0.25, 0.3) is 0 Å². The summed E-state index contributed by atoms with van der Waals surface area (Å²) in [4.78, 5) is 0. The Kier molecular flexibility index (Phi) is 36.5. The standard InChI is InChI=1S/C15H28.C14H26.2C3H8.4CH4/c1-2-13-8-10-15(11-9-13)12-14-6-4-3-5-7-14;1-12-7-9-14(10-8-12)11-13-5-3-2-4-6-13;2*1-3-2;;;;/h13-15H,2-12H2,1H3;12-14H,2-11H2,1H3;2*3H2,1-2H3;4*1H4. The van der Waals surface area contributed by atoms with Gasteiger partial charge in [-0.15, -0.1) is 0 Å². The quantitative estimate of drug-likeness (QED) is 0.317. The van der Waals surface area contributed by atoms with Gasteiger partial charge in [-0.1, -0.05) is 206 Å². The molecule has 0 saturated heterocycles. The fourth-order valence-corrected chi connectivity index (χ4v) is 7.23. The van der Waals surface area contributed by atoms with Gasteiger partial charge in [-0.05, 0) is 48.3 Å². The summed E-state index contributed by atoms with van der Waals surface area (Å²) < 4.78 is 0. The van der Waals surface area contributed by atoms with Crippen LogP contribution in [0.1, 0.15) is 219 Å². The van der Waals surface area contributed by atoms with Gasteiger partial charge in [0.1, 0.15) is 0 Å². The van der Waals surface area contributed by atoms with Crippen LogP contribution in [0.3, 0.4) is 0 Å². The summed E-state index contributed by atoms with van der Waals surface area (Å²) in [7, 11) is 0. The SMILES string of the molecule is C.C.C.C.CC1CCC(CC2CCCCC2)CC1.CCC.CCC.CCC1CCC(CC2CCCCC2)CC1. The molecule has 0 heteroatoms. The van der Waals surface area contributed by atoms with Crippen molar-refractivity contribution >= 4 is 0 Å². The summed E-state index contributed by atoms with van der Waals surface area (Å²) in [5.41, 5.74) is 0. The second-order valence-corrected chi connectivity index (χ2v) is 13.3. The second kappa shape index (κ2) is 30.9. The van der Waals surface area contributed by atoms with Gasteiger partial charge in [0.2, 0.25) is 0 Å². The van der Waals surface area contributed by atoms with Crippen LogP contribution in [0, 0.1) is 35.5 Å². The molecule has 0 N–H and O–H groups in total. The molecule has 0 bridgehead atoms. The maximum Gasteiger partial charge on any atom is -0.0411 e. The largest absolute Gasteiger partial charge is 0.0776 e. The first-order valence-corrected chi connectivity index (χ1v) is 17.1. The summed E-state index contributed by atoms with van der Waals surface area (Å²) in [6, 6.07) is 0. The van der Waals surface area contributed by atoms with Crippen LogP contribution in [-0.4, -0.2) is 0 Å². The molecule has 0 heterocycles. The molecule has 0 nitrogen and oxygen atoms in total. The van der Waals surface area contributed by atoms with Gasteiger partial charge in [0.25, 0.3) is 0 Å². The van der Waals surface area contributed by atoms with E-state index in [1.54, 1.807) is 51.4 Å². The molecule has 0 unspecified atom stereocenters. The van der Waals surface area contributed by atoms with Gasteiger partial charge in [0.05, 0.1) is 0 Å². The molecule has 4 aliphatic carbocycles. The highest BCUT2D eigenvalue weighted by Crippen LogP contribution is 2.38. The van der Waals surface area contributed by atoms with E-state index >= 15 is 0 Å². The molecule has 4 rings (SSSR count). The van der Waals surface area contributed by atoms with E-state index in [1.807, 2.05) is 0 Å². The summed E-state index contributed by atoms with van der Waals surface area (Å²) in [5.74, 6) is 6.54. The van der Waals surface area contributed by atoms with E-state index in [1.165, 1.54) is 96.3 Å². The smallest absolute Gasteiger partial charge is 0.0411 e. The van der Waals surface area contributed by atoms with Crippen LogP contribution in [0.4, 0.5) is 0 Å². The Morgan fingerprint density at radius 1 is 0.359 bits per heavy atom. The fourth-order valence-electron chi connectivity index (χ4n) is 7.23. The maximum atomic E-state index is 2.43. The molecule has 0 aliphatic heterocycles. The van der Waals surface area contributed by atoms with Crippen molar-refractivity contribution in [3.63, 3.8) is 0 Å². The van der Waals surface area contributed by atoms with Crippen molar-refractivity contribution in [2.24, 2.45) is 35.5 Å². The van der Waals surface area contributed by atoms with E-state index in [9.17, 15) is 0 Å². The lowest BCUT2D eigenvalue weighted by molar-refractivity contribution is 0.209. The molecule has 4 fully saturated rings. The first-order chi connectivity index (χ1) is 17.1. The minimum absolute atomic E-state index is 0. The summed E-state index contributed by atoms with van der Waals surface area (Å²) in [6.07, 6.45) is 34.7. The van der Waals surface area contributed by atoms with E-state index < -0.39 is 0 Å². The lowest BCUT2D eigenvalue weighted by atomic mass is 9.74. The molecule has 4 saturated carbocycles. The van der Waals surface area contributed by atoms with Crippen molar-refractivity contribution in [3.8, 4) is 0 Å². The average Bonchev–Trinajstić information content (AvgIpc) is 2.89. The van der Waals surface area contributed by atoms with Crippen molar-refractivity contribution in [2.45, 2.75) is 219 Å². The molecule has 39 heavy (non-hydrogen) atoms. The van der Waals surface area contributed by atoms with Crippen molar-refractivity contribution in [1.82, 2.24) is 0 Å². The molecule has 0 aromatic carbocycles. The molecule has 0 atom stereocenters. The van der Waals surface area contributed by atoms with E-state index in [4.69, 9.17) is 0 Å². The zero-order valence-corrected chi connectivity index (χ0v) is 25.7. The molecule has 0 spiro atoms. The van der Waals surface area contributed by atoms with Crippen molar-refractivity contribution in [1.29, 1.82) is 0 Å². The van der Waals surface area contributed by atoms with E-state index in [-0.39, 0.29) is 29.7 Å². The van der Waals surface area contributed by atoms with Gasteiger partial charge in [-0.25, -0.2) is 0 Å². The van der Waals surface area contributed by atoms with Crippen LogP contribution >= 0.6 is 0 Å². The third kappa shape index (κ3) is 23.3. The Bertz CT molecular complexity index is 409. The van der Waals surface area contributed by atoms with Crippen LogP contribution < -0.4 is 0 Å². The van der Waals surface area contributed by atoms with Crippen molar-refractivity contribution < 1.29 is 0 Å². The fraction of sp³-hybridized carbons (Fsp3) is 1.00. The monoisotopic (exact) mass is 555 g/mol. The summed E-state index contributed by atoms with van der Waals surface area (Å²) >= 11 is 0. The van der Waals surface area contributed by atoms with E-state index in [2.05, 4.69) is 41.5 Å². The molecular weight excluding hydrogens is 468 g/mol. The van der Waals surface area contributed by atoms with Crippen molar-refractivity contribution in [3.05, 3.63) is 0 Å². The molecular formula is C39H86. The third-order valence-electron chi connectivity index (χ3n) is 9.46. The summed E-state index contributed by atoms with van der Waals surface area (Å²) in [6.45, 7) is 13.3. The zero-order valence-electron chi connectivity index (χ0n) is 25.7. The van der Waals surface area contributed by atoms with Gasteiger partial charge >= 0.3 is 0 Å². The summed E-state index contributed by atoms with van der Waals surface area (Å²) in [5, 5.41) is 0. The second-order valence-electron chi connectivity index (χ2n) is 13.3. The number of hydrogen-bond donors (Lipinski definition) is 0. The normalized spacial score (nSPS) is 26.9. The Morgan fingerprint density at radius 3 is 0.923 bits per heavy atom. The minimum atomic E-state index is 0. The van der Waals surface area contributed by atoms with Gasteiger partial charge in [0.15, 0.2) is 0 Å². The molecule has 4 aliphatic rings. The number of rotatable bonds is 5. The minimum Gasteiger partial charge on any atom is -0.0776 e. The van der Waals surface area contributed by atoms with E-state index in [0.717, 1.165) is 35.5 Å². The predicted molar refractivity (Wildman–Crippen MR) is 188 cm³/mol. The topological polar surface area (TPSA) is 0 Å². The maximum absolute atomic E-state index is 2.43. The lowest BCUT2D eigenvalue weighted by Gasteiger charge is -2.31. The van der Waals surface area contributed by atoms with Crippen LogP contribution in [0.15, 0.2) is 0 Å². The first-order valence-electron chi connectivity index (χ1n) is 17.1. The van der Waals surface area contributed by atoms with Crippen LogP contribution in [0.5, 0.6) is 0 Å². The third-order valence-corrected chi connectivity index (χ3v) is 9.46. The van der Waals surface area contributed by atoms with Gasteiger partial charge in [0, 0.05) is 0 Å². The van der Waals surface area contributed by atoms with Crippen molar-refractivity contribution in [2.75, 3.05) is 0 Å². The highest BCUT2D eigenvalue weighted by Gasteiger charge is 2.24.